The Hall–Kier alpha value is -2.05. The molecule has 3 aromatic carbocycles. The van der Waals surface area contributed by atoms with Crippen molar-refractivity contribution in [1.82, 2.24) is 0 Å². The number of carboxylic acid groups (broad SMARTS) is 1. The minimum atomic E-state index is -1.02. The van der Waals surface area contributed by atoms with Crippen molar-refractivity contribution >= 4 is 51.2 Å². The van der Waals surface area contributed by atoms with Gasteiger partial charge in [0.25, 0.3) is 0 Å². The highest BCUT2D eigenvalue weighted by Crippen LogP contribution is 2.30. The van der Waals surface area contributed by atoms with Crippen molar-refractivity contribution in [2.45, 2.75) is 19.1 Å². The van der Waals surface area contributed by atoms with Gasteiger partial charge in [0.15, 0.2) is 0 Å². The van der Waals surface area contributed by atoms with Gasteiger partial charge in [-0.2, -0.15) is 0 Å². The zero-order valence-electron chi connectivity index (χ0n) is 15.7. The molecule has 0 unspecified atom stereocenters. The summed E-state index contributed by atoms with van der Waals surface area (Å²) in [5, 5.41) is 18.3. The largest absolute Gasteiger partial charge is 0.508 e. The second-order valence-corrected chi connectivity index (χ2v) is 8.89. The summed E-state index contributed by atoms with van der Waals surface area (Å²) >= 11 is 4.37. The molecule has 1 atom stereocenters. The molecule has 30 heavy (non-hydrogen) atoms. The number of benzene rings is 3. The van der Waals surface area contributed by atoms with Gasteiger partial charge in [0.1, 0.15) is 35.6 Å². The standard InChI is InChI=1S/C22H19I2NO5/c23-18-9-14(11-20(25)22(27)28)10-19(24)21(18)29-12-13-1-5-16(6-2-13)30-17-7-3-15(26)4-8-17/h1-10,20,26H,11-12,25H2,(H,27,28)/t20-/m0/s1. The minimum Gasteiger partial charge on any atom is -0.508 e. The molecule has 4 N–H and O–H groups in total. The lowest BCUT2D eigenvalue weighted by Gasteiger charge is -2.14. The van der Waals surface area contributed by atoms with Crippen LogP contribution in [0.15, 0.2) is 60.7 Å². The maximum absolute atomic E-state index is 11.0. The van der Waals surface area contributed by atoms with Crippen LogP contribution in [-0.4, -0.2) is 22.2 Å². The lowest BCUT2D eigenvalue weighted by molar-refractivity contribution is -0.138. The van der Waals surface area contributed by atoms with Crippen molar-refractivity contribution in [2.24, 2.45) is 5.73 Å². The number of nitrogens with two attached hydrogens (primary N) is 1. The Bertz CT molecular complexity index is 1000. The van der Waals surface area contributed by atoms with E-state index in [1.807, 2.05) is 36.4 Å². The summed E-state index contributed by atoms with van der Waals surface area (Å²) in [6, 6.07) is 17.0. The van der Waals surface area contributed by atoms with Crippen LogP contribution in [-0.2, 0) is 17.8 Å². The van der Waals surface area contributed by atoms with E-state index in [0.29, 0.717) is 18.1 Å². The Labute approximate surface area is 201 Å². The summed E-state index contributed by atoms with van der Waals surface area (Å²) in [6.07, 6.45) is 0.268. The number of phenols is 1. The molecule has 156 valence electrons. The zero-order valence-corrected chi connectivity index (χ0v) is 20.0. The highest BCUT2D eigenvalue weighted by atomic mass is 127. The van der Waals surface area contributed by atoms with Gasteiger partial charge in [-0.3, -0.25) is 4.79 Å². The first kappa shape index (κ1) is 22.6. The SMILES string of the molecule is N[C@@H](Cc1cc(I)c(OCc2ccc(Oc3ccc(O)cc3)cc2)c(I)c1)C(=O)O. The molecule has 6 nitrogen and oxygen atoms in total. The van der Waals surface area contributed by atoms with Crippen LogP contribution >= 0.6 is 45.2 Å². The van der Waals surface area contributed by atoms with Crippen molar-refractivity contribution in [2.75, 3.05) is 0 Å². The van der Waals surface area contributed by atoms with Crippen LogP contribution in [0, 0.1) is 7.14 Å². The van der Waals surface area contributed by atoms with E-state index < -0.39 is 12.0 Å². The van der Waals surface area contributed by atoms with Gasteiger partial charge in [-0.25, -0.2) is 0 Å². The highest BCUT2D eigenvalue weighted by molar-refractivity contribution is 14.1. The third-order valence-corrected chi connectivity index (χ3v) is 5.81. The number of aliphatic carboxylic acids is 1. The number of ether oxygens (including phenoxy) is 2. The number of rotatable bonds is 8. The number of halogens is 2. The van der Waals surface area contributed by atoms with Crippen LogP contribution in [0.5, 0.6) is 23.0 Å². The van der Waals surface area contributed by atoms with Crippen molar-refractivity contribution in [3.05, 3.63) is 78.9 Å². The Morgan fingerprint density at radius 3 is 2.00 bits per heavy atom. The second kappa shape index (κ2) is 10.3. The molecule has 0 spiro atoms. The monoisotopic (exact) mass is 631 g/mol. The average molecular weight is 631 g/mol. The van der Waals surface area contributed by atoms with E-state index in [4.69, 9.17) is 20.3 Å². The van der Waals surface area contributed by atoms with Gasteiger partial charge in [-0.15, -0.1) is 0 Å². The van der Waals surface area contributed by atoms with E-state index in [0.717, 1.165) is 24.0 Å². The van der Waals surface area contributed by atoms with Gasteiger partial charge in [0.2, 0.25) is 0 Å². The normalized spacial score (nSPS) is 11.7. The molecule has 0 saturated carbocycles. The van der Waals surface area contributed by atoms with Gasteiger partial charge in [0, 0.05) is 0 Å². The molecule has 0 heterocycles. The van der Waals surface area contributed by atoms with Crippen LogP contribution in [0.3, 0.4) is 0 Å². The Balaban J connectivity index is 1.62. The van der Waals surface area contributed by atoms with E-state index in [2.05, 4.69) is 45.2 Å². The maximum atomic E-state index is 11.0. The van der Waals surface area contributed by atoms with Gasteiger partial charge < -0.3 is 25.4 Å². The quantitative estimate of drug-likeness (QED) is 0.305. The van der Waals surface area contributed by atoms with Crippen LogP contribution < -0.4 is 15.2 Å². The second-order valence-electron chi connectivity index (χ2n) is 6.57. The van der Waals surface area contributed by atoms with Gasteiger partial charge in [0.05, 0.1) is 7.14 Å². The fraction of sp³-hybridized carbons (Fsp3) is 0.136. The summed E-state index contributed by atoms with van der Waals surface area (Å²) < 4.78 is 13.6. The molecule has 0 radical (unpaired) electrons. The summed E-state index contributed by atoms with van der Waals surface area (Å²) in [6.45, 7) is 0.388. The third kappa shape index (κ3) is 6.22. The Kier molecular flexibility index (Phi) is 7.78. The molecule has 8 heteroatoms. The van der Waals surface area contributed by atoms with E-state index >= 15 is 0 Å². The number of phenolic OH excluding ortho intramolecular Hbond substituents is 1. The molecular weight excluding hydrogens is 612 g/mol. The molecular formula is C22H19I2NO5. The maximum Gasteiger partial charge on any atom is 0.320 e. The van der Waals surface area contributed by atoms with Crippen molar-refractivity contribution < 1.29 is 24.5 Å². The molecule has 0 fully saturated rings. The van der Waals surface area contributed by atoms with Crippen LogP contribution in [0.4, 0.5) is 0 Å². The van der Waals surface area contributed by atoms with Gasteiger partial charge in [-0.1, -0.05) is 12.1 Å². The number of carboxylic acids is 1. The van der Waals surface area contributed by atoms with Crippen molar-refractivity contribution in [3.8, 4) is 23.0 Å². The minimum absolute atomic E-state index is 0.192. The summed E-state index contributed by atoms with van der Waals surface area (Å²) in [7, 11) is 0. The number of carbonyl (C=O) groups is 1. The molecule has 0 saturated heterocycles. The Morgan fingerprint density at radius 1 is 0.933 bits per heavy atom. The van der Waals surface area contributed by atoms with E-state index in [-0.39, 0.29) is 12.2 Å². The molecule has 0 aliphatic carbocycles. The van der Waals surface area contributed by atoms with Crippen LogP contribution in [0.25, 0.3) is 0 Å². The lowest BCUT2D eigenvalue weighted by atomic mass is 10.1. The zero-order chi connectivity index (χ0) is 21.7. The fourth-order valence-corrected chi connectivity index (χ4v) is 4.88. The van der Waals surface area contributed by atoms with Gasteiger partial charge in [-0.05, 0) is 111 Å². The number of hydrogen-bond acceptors (Lipinski definition) is 5. The molecule has 0 aliphatic rings. The van der Waals surface area contributed by atoms with E-state index in [1.165, 1.54) is 0 Å². The number of hydrogen-bond donors (Lipinski definition) is 3. The first-order chi connectivity index (χ1) is 14.3. The fourth-order valence-electron chi connectivity index (χ4n) is 2.67. The number of aromatic hydroxyl groups is 1. The predicted molar refractivity (Wildman–Crippen MR) is 130 cm³/mol. The topological polar surface area (TPSA) is 102 Å². The molecule has 0 bridgehead atoms. The van der Waals surface area contributed by atoms with E-state index in [9.17, 15) is 9.90 Å². The molecule has 0 amide bonds. The third-order valence-electron chi connectivity index (χ3n) is 4.21. The highest BCUT2D eigenvalue weighted by Gasteiger charge is 2.15. The lowest BCUT2D eigenvalue weighted by Crippen LogP contribution is -2.32. The molecule has 0 aliphatic heterocycles. The Morgan fingerprint density at radius 2 is 1.47 bits per heavy atom. The van der Waals surface area contributed by atoms with Gasteiger partial charge >= 0.3 is 5.97 Å². The van der Waals surface area contributed by atoms with Crippen molar-refractivity contribution in [3.63, 3.8) is 0 Å². The predicted octanol–water partition coefficient (Wildman–Crippen LogP) is 4.93. The molecule has 3 aromatic rings. The van der Waals surface area contributed by atoms with E-state index in [1.54, 1.807) is 24.3 Å². The molecule has 0 aromatic heterocycles. The van der Waals surface area contributed by atoms with Crippen molar-refractivity contribution in [1.29, 1.82) is 0 Å². The van der Waals surface area contributed by atoms with Crippen LogP contribution in [0.1, 0.15) is 11.1 Å². The molecule has 3 rings (SSSR count). The smallest absolute Gasteiger partial charge is 0.320 e. The first-order valence-corrected chi connectivity index (χ1v) is 11.1. The summed E-state index contributed by atoms with van der Waals surface area (Å²) in [5.74, 6) is 1.26. The summed E-state index contributed by atoms with van der Waals surface area (Å²) in [4.78, 5) is 11.0. The first-order valence-electron chi connectivity index (χ1n) is 8.97. The average Bonchev–Trinajstić information content (AvgIpc) is 2.70. The van der Waals surface area contributed by atoms with Crippen LogP contribution in [0.2, 0.25) is 0 Å². The summed E-state index contributed by atoms with van der Waals surface area (Å²) in [5.41, 5.74) is 7.48.